The van der Waals surface area contributed by atoms with Crippen molar-refractivity contribution in [3.05, 3.63) is 142 Å². The van der Waals surface area contributed by atoms with E-state index in [-0.39, 0.29) is 24.9 Å². The molecule has 2 aliphatic carbocycles. The van der Waals surface area contributed by atoms with Crippen LogP contribution in [0, 0.1) is 33.6 Å². The molecule has 0 radical (unpaired) electrons. The zero-order chi connectivity index (χ0) is 55.6. The van der Waals surface area contributed by atoms with E-state index in [1.807, 2.05) is 128 Å². The first-order valence-electron chi connectivity index (χ1n) is 28.7. The number of rotatable bonds is 4. The third-order valence-electron chi connectivity index (χ3n) is 12.4. The Hall–Kier alpha value is -4.68. The summed E-state index contributed by atoms with van der Waals surface area (Å²) in [6.07, 6.45) is 11.8. The summed E-state index contributed by atoms with van der Waals surface area (Å²) in [4.78, 5) is 31.1. The van der Waals surface area contributed by atoms with Crippen LogP contribution in [0.2, 0.25) is 0 Å². The molecule has 4 aromatic carbocycles. The molecule has 4 aromatic rings. The van der Waals surface area contributed by atoms with Gasteiger partial charge in [-0.15, -0.1) is 0 Å². The first kappa shape index (κ1) is 71.6. The Labute approximate surface area is 447 Å². The number of anilines is 2. The summed E-state index contributed by atoms with van der Waals surface area (Å²) in [7, 11) is 3.83. The van der Waals surface area contributed by atoms with E-state index in [0.29, 0.717) is 0 Å². The minimum atomic E-state index is -0.0362. The lowest BCUT2D eigenvalue weighted by molar-refractivity contribution is -0.136. The van der Waals surface area contributed by atoms with E-state index in [9.17, 15) is 9.59 Å². The predicted molar refractivity (Wildman–Crippen MR) is 325 cm³/mol. The molecule has 0 spiro atoms. The third-order valence-corrected chi connectivity index (χ3v) is 12.4. The first-order valence-corrected chi connectivity index (χ1v) is 28.7. The highest BCUT2D eigenvalue weighted by atomic mass is 16.2. The first-order chi connectivity index (χ1) is 34.8. The molecule has 1 saturated carbocycles. The van der Waals surface area contributed by atoms with Crippen molar-refractivity contribution in [1.82, 2.24) is 9.80 Å². The van der Waals surface area contributed by atoms with Crippen molar-refractivity contribution in [2.24, 2.45) is 5.92 Å². The molecule has 3 fully saturated rings. The minimum absolute atomic E-state index is 0.0276. The highest BCUT2D eigenvalue weighted by molar-refractivity contribution is 6.04. The molecule has 0 bridgehead atoms. The largest absolute Gasteiger partial charge is 0.369 e. The minimum Gasteiger partial charge on any atom is -0.369 e. The molecule has 2 heterocycles. The van der Waals surface area contributed by atoms with Crippen molar-refractivity contribution >= 4 is 23.2 Å². The Morgan fingerprint density at radius 2 is 0.792 bits per heavy atom. The van der Waals surface area contributed by atoms with Crippen LogP contribution < -0.4 is 9.80 Å². The average molecular weight is 994 g/mol. The molecule has 1 atom stereocenters. The second-order valence-electron chi connectivity index (χ2n) is 17.5. The zero-order valence-electron chi connectivity index (χ0n) is 50.8. The summed E-state index contributed by atoms with van der Waals surface area (Å²) in [5, 5.41) is 0. The summed E-state index contributed by atoms with van der Waals surface area (Å²) in [6.45, 7) is 46.0. The number of nitrogens with zero attached hydrogens (tertiary/aromatic N) is 4. The number of piperazine rings is 2. The summed E-state index contributed by atoms with van der Waals surface area (Å²) in [5.41, 5.74) is 12.0. The van der Waals surface area contributed by atoms with Gasteiger partial charge in [0.2, 0.25) is 11.8 Å². The van der Waals surface area contributed by atoms with E-state index in [1.165, 1.54) is 95.8 Å². The van der Waals surface area contributed by atoms with Crippen molar-refractivity contribution < 1.29 is 9.59 Å². The Bertz CT molecular complexity index is 1820. The Morgan fingerprint density at radius 3 is 1.18 bits per heavy atom. The maximum absolute atomic E-state index is 11.8. The van der Waals surface area contributed by atoms with Crippen LogP contribution in [-0.4, -0.2) is 75.0 Å². The van der Waals surface area contributed by atoms with Crippen molar-refractivity contribution in [3.63, 3.8) is 0 Å². The number of benzene rings is 4. The average Bonchev–Trinajstić information content (AvgIpc) is 3.44. The lowest BCUT2D eigenvalue weighted by Crippen LogP contribution is -2.52. The van der Waals surface area contributed by atoms with Crippen LogP contribution in [0.25, 0.3) is 0 Å². The highest BCUT2D eigenvalue weighted by Gasteiger charge is 2.28. The van der Waals surface area contributed by atoms with Crippen LogP contribution in [0.5, 0.6) is 0 Å². The van der Waals surface area contributed by atoms with Crippen LogP contribution in [0.15, 0.2) is 109 Å². The summed E-state index contributed by atoms with van der Waals surface area (Å²) in [6, 6.07) is 34.6. The molecule has 8 rings (SSSR count). The standard InChI is InChI=1S/C14H20.C14H18.C12H14N2O2.C12H18N2.7C2H6/c2*1-11-3-7-13(8-4-11)14-9-5-12(2)6-10-14;1-9-3-5-10(6-4-9)14-8-11(15)13(2)7-12(14)16;1-11-3-5-12(6-4-11)14-9-7-13(2)8-10-14;7*1-2/h3-4,7-8,12,14H,5-6,9-10H2,1-2H3;3-5,7-8,14H,6,9-10H2,1-2H3;3-6H,7-8H2,1-2H3;3-6H,7-10H2,1-2H3;7*1-2H3. The molecule has 72 heavy (non-hydrogen) atoms. The van der Waals surface area contributed by atoms with Crippen LogP contribution in [0.3, 0.4) is 0 Å². The van der Waals surface area contributed by atoms with Gasteiger partial charge in [0, 0.05) is 44.6 Å². The molecular formula is C66H112N4O2. The summed E-state index contributed by atoms with van der Waals surface area (Å²) >= 11 is 0. The maximum Gasteiger partial charge on any atom is 0.247 e. The molecule has 4 aliphatic rings. The second-order valence-corrected chi connectivity index (χ2v) is 17.5. The van der Waals surface area contributed by atoms with Crippen molar-refractivity contribution in [2.45, 2.75) is 195 Å². The van der Waals surface area contributed by atoms with Gasteiger partial charge in [0.25, 0.3) is 0 Å². The number of amides is 2. The van der Waals surface area contributed by atoms with Crippen LogP contribution in [0.4, 0.5) is 11.4 Å². The van der Waals surface area contributed by atoms with E-state index >= 15 is 0 Å². The van der Waals surface area contributed by atoms with Gasteiger partial charge in [0.05, 0.1) is 6.54 Å². The van der Waals surface area contributed by atoms with Gasteiger partial charge in [-0.25, -0.2) is 0 Å². The lowest BCUT2D eigenvalue weighted by atomic mass is 9.79. The van der Waals surface area contributed by atoms with Crippen molar-refractivity contribution in [1.29, 1.82) is 0 Å². The molecule has 0 N–H and O–H groups in total. The van der Waals surface area contributed by atoms with Gasteiger partial charge in [-0.3, -0.25) is 9.59 Å². The van der Waals surface area contributed by atoms with Crippen molar-refractivity contribution in [2.75, 3.05) is 63.2 Å². The topological polar surface area (TPSA) is 47.1 Å². The number of carbonyl (C=O) groups is 2. The molecule has 6 heteroatoms. The monoisotopic (exact) mass is 993 g/mol. The van der Waals surface area contributed by atoms with E-state index in [2.05, 4.69) is 130 Å². The molecule has 408 valence electrons. The second kappa shape index (κ2) is 45.0. The van der Waals surface area contributed by atoms with Crippen LogP contribution >= 0.6 is 0 Å². The van der Waals surface area contributed by atoms with Crippen molar-refractivity contribution in [3.8, 4) is 0 Å². The quantitative estimate of drug-likeness (QED) is 0.191. The molecule has 0 aromatic heterocycles. The van der Waals surface area contributed by atoms with Crippen LogP contribution in [0.1, 0.15) is 201 Å². The van der Waals surface area contributed by atoms with Gasteiger partial charge in [0.1, 0.15) is 6.54 Å². The normalized spacial score (nSPS) is 17.6. The van der Waals surface area contributed by atoms with E-state index in [1.54, 1.807) is 18.2 Å². The number of aryl methyl sites for hydroxylation is 4. The maximum atomic E-state index is 11.8. The van der Waals surface area contributed by atoms with E-state index in [0.717, 1.165) is 42.1 Å². The van der Waals surface area contributed by atoms with Gasteiger partial charge in [-0.05, 0) is 127 Å². The van der Waals surface area contributed by atoms with E-state index in [4.69, 9.17) is 0 Å². The molecule has 2 saturated heterocycles. The summed E-state index contributed by atoms with van der Waals surface area (Å²) < 4.78 is 0. The Balaban J connectivity index is -0.000000814. The molecule has 2 aliphatic heterocycles. The number of allylic oxidation sites excluding steroid dienone is 2. The van der Waals surface area contributed by atoms with Gasteiger partial charge in [-0.1, -0.05) is 223 Å². The Morgan fingerprint density at radius 1 is 0.417 bits per heavy atom. The smallest absolute Gasteiger partial charge is 0.247 e. The fourth-order valence-electron chi connectivity index (χ4n) is 8.04. The van der Waals surface area contributed by atoms with Gasteiger partial charge < -0.3 is 19.6 Å². The highest BCUT2D eigenvalue weighted by Crippen LogP contribution is 2.35. The molecular weight excluding hydrogens is 881 g/mol. The summed E-state index contributed by atoms with van der Waals surface area (Å²) in [5.74, 6) is 2.49. The Kier molecular flexibility index (Phi) is 44.7. The fourth-order valence-corrected chi connectivity index (χ4v) is 8.04. The van der Waals surface area contributed by atoms with Gasteiger partial charge in [0.15, 0.2) is 0 Å². The fraction of sp³-hybridized carbons (Fsp3) is 0.576. The SMILES string of the molecule is CC.CC.CC.CC.CC.CC.CC.CC1=CCC(c2ccc(C)cc2)CC1.Cc1ccc(C2CCC(C)CC2)cc1.Cc1ccc(N2CC(=O)N(C)CC2=O)cc1.Cc1ccc(N2CCN(C)CC2)cc1. The number of carbonyl (C=O) groups excluding carboxylic acids is 2. The zero-order valence-corrected chi connectivity index (χ0v) is 50.8. The molecule has 1 unspecified atom stereocenters. The number of hydrogen-bond acceptors (Lipinski definition) is 4. The van der Waals surface area contributed by atoms with Gasteiger partial charge >= 0.3 is 0 Å². The number of hydrogen-bond donors (Lipinski definition) is 0. The van der Waals surface area contributed by atoms with Gasteiger partial charge in [-0.2, -0.15) is 0 Å². The number of likely N-dealkylation sites (N-methyl/N-ethyl adjacent to an activating group) is 2. The van der Waals surface area contributed by atoms with E-state index < -0.39 is 0 Å². The lowest BCUT2D eigenvalue weighted by Gasteiger charge is -2.34. The molecule has 6 nitrogen and oxygen atoms in total. The molecule has 2 amide bonds. The predicted octanol–water partition coefficient (Wildman–Crippen LogP) is 18.2. The van der Waals surface area contributed by atoms with Crippen LogP contribution in [-0.2, 0) is 9.59 Å². The third kappa shape index (κ3) is 28.5.